The average Bonchev–Trinajstić information content (AvgIpc) is 2.54. The zero-order chi connectivity index (χ0) is 19.7. The first-order valence-corrected chi connectivity index (χ1v) is 9.85. The highest BCUT2D eigenvalue weighted by Gasteiger charge is 2.39. The van der Waals surface area contributed by atoms with Gasteiger partial charge in [-0.25, -0.2) is 0 Å². The Kier molecular flexibility index (Phi) is 5.88. The van der Waals surface area contributed by atoms with Crippen molar-refractivity contribution in [2.45, 2.75) is 65.0 Å². The highest BCUT2D eigenvalue weighted by atomic mass is 31.1. The molecule has 0 heterocycles. The lowest BCUT2D eigenvalue weighted by molar-refractivity contribution is 0.0943. The number of carbonyl (C=O) groups excluding carboxylic acids is 1. The van der Waals surface area contributed by atoms with Crippen LogP contribution in [0.5, 0.6) is 0 Å². The third-order valence-corrected chi connectivity index (χ3v) is 5.71. The van der Waals surface area contributed by atoms with Crippen molar-refractivity contribution < 1.29 is 9.36 Å². The minimum absolute atomic E-state index is 0.0297. The predicted octanol–water partition coefficient (Wildman–Crippen LogP) is 6.64. The largest absolute Gasteiger partial charge is 0.293 e. The molecule has 0 fully saturated rings. The van der Waals surface area contributed by atoms with Crippen LogP contribution in [-0.2, 0) is 9.98 Å². The van der Waals surface area contributed by atoms with Crippen LogP contribution in [-0.4, -0.2) is 10.9 Å². The Morgan fingerprint density at radius 1 is 0.923 bits per heavy atom. The summed E-state index contributed by atoms with van der Waals surface area (Å²) in [4.78, 5) is 13.6. The number of Topliss-reactive ketones (excluding diaryl/α,β-unsaturated/α-hetero) is 1. The van der Waals surface area contributed by atoms with E-state index in [1.54, 1.807) is 0 Å². The van der Waals surface area contributed by atoms with Crippen LogP contribution in [0, 0.1) is 13.8 Å². The summed E-state index contributed by atoms with van der Waals surface area (Å²) < 4.78 is 11.9. The smallest absolute Gasteiger partial charge is 0.172 e. The van der Waals surface area contributed by atoms with E-state index < -0.39 is 11.1 Å². The Hall–Kier alpha value is -1.79. The summed E-state index contributed by atoms with van der Waals surface area (Å²) in [5, 5.41) is -0.681. The molecule has 2 nitrogen and oxygen atoms in total. The lowest BCUT2D eigenvalue weighted by Crippen LogP contribution is -2.31. The van der Waals surface area contributed by atoms with Crippen molar-refractivity contribution in [2.24, 2.45) is 0 Å². The zero-order valence-electron chi connectivity index (χ0n) is 16.9. The SMILES string of the molecule is Cc1cc(C(C)(C)C)cc(C)c1C(=O)C(c1ccccc1)C(C)(C)P=O. The second-order valence-corrected chi connectivity index (χ2v) is 10.0. The van der Waals surface area contributed by atoms with Crippen molar-refractivity contribution in [2.75, 3.05) is 0 Å². The third kappa shape index (κ3) is 4.13. The maximum atomic E-state index is 13.6. The Morgan fingerprint density at radius 2 is 1.42 bits per heavy atom. The molecule has 1 unspecified atom stereocenters. The molecule has 3 heteroatoms. The van der Waals surface area contributed by atoms with Gasteiger partial charge in [0.25, 0.3) is 0 Å². The maximum Gasteiger partial charge on any atom is 0.172 e. The van der Waals surface area contributed by atoms with Gasteiger partial charge in [-0.3, -0.25) is 9.36 Å². The molecule has 0 amide bonds. The second-order valence-electron chi connectivity index (χ2n) is 8.69. The normalized spacial score (nSPS) is 13.7. The summed E-state index contributed by atoms with van der Waals surface area (Å²) in [6.45, 7) is 14.3. The summed E-state index contributed by atoms with van der Waals surface area (Å²) >= 11 is 0. The van der Waals surface area contributed by atoms with Crippen LogP contribution in [0.3, 0.4) is 0 Å². The van der Waals surface area contributed by atoms with Gasteiger partial charge < -0.3 is 0 Å². The van der Waals surface area contributed by atoms with Gasteiger partial charge in [-0.1, -0.05) is 63.2 Å². The molecule has 0 aliphatic rings. The molecule has 0 saturated carbocycles. The van der Waals surface area contributed by atoms with Crippen molar-refractivity contribution in [3.63, 3.8) is 0 Å². The number of carbonyl (C=O) groups is 1. The summed E-state index contributed by atoms with van der Waals surface area (Å²) in [6, 6.07) is 13.9. The van der Waals surface area contributed by atoms with Gasteiger partial charge in [0, 0.05) is 5.56 Å². The molecule has 2 aromatic rings. The van der Waals surface area contributed by atoms with E-state index in [2.05, 4.69) is 32.9 Å². The van der Waals surface area contributed by atoms with Gasteiger partial charge in [0.05, 0.1) is 11.1 Å². The Morgan fingerprint density at radius 3 is 1.85 bits per heavy atom. The monoisotopic (exact) mass is 368 g/mol. The minimum atomic E-state index is -0.681. The molecular formula is C23H29O2P. The minimum Gasteiger partial charge on any atom is -0.293 e. The zero-order valence-corrected chi connectivity index (χ0v) is 17.8. The molecule has 2 aromatic carbocycles. The van der Waals surface area contributed by atoms with Gasteiger partial charge in [-0.2, -0.15) is 0 Å². The molecule has 0 aromatic heterocycles. The number of aryl methyl sites for hydroxylation is 2. The standard InChI is InChI=1S/C23H29O2P/c1-15-13-18(22(3,4)5)14-16(2)19(15)21(24)20(23(6,7)26-25)17-11-9-8-10-12-17/h8-14,20H,1-7H3. The van der Waals surface area contributed by atoms with E-state index in [9.17, 15) is 9.36 Å². The van der Waals surface area contributed by atoms with Crippen LogP contribution in [0.15, 0.2) is 42.5 Å². The van der Waals surface area contributed by atoms with Gasteiger partial charge >= 0.3 is 0 Å². The van der Waals surface area contributed by atoms with Crippen LogP contribution < -0.4 is 0 Å². The molecule has 26 heavy (non-hydrogen) atoms. The van der Waals surface area contributed by atoms with Gasteiger partial charge in [0.1, 0.15) is 0 Å². The summed E-state index contributed by atoms with van der Waals surface area (Å²) in [5.41, 5.74) is 4.89. The Bertz CT molecular complexity index is 791. The number of benzene rings is 2. The molecule has 0 aliphatic carbocycles. The van der Waals surface area contributed by atoms with E-state index in [1.807, 2.05) is 58.0 Å². The highest BCUT2D eigenvalue weighted by Crippen LogP contribution is 2.41. The molecule has 0 radical (unpaired) electrons. The first-order chi connectivity index (χ1) is 12.0. The van der Waals surface area contributed by atoms with Crippen molar-refractivity contribution in [3.05, 3.63) is 70.3 Å². The van der Waals surface area contributed by atoms with Crippen LogP contribution in [0.4, 0.5) is 0 Å². The first kappa shape index (κ1) is 20.5. The van der Waals surface area contributed by atoms with Crippen LogP contribution in [0.1, 0.15) is 73.1 Å². The molecular weight excluding hydrogens is 339 g/mol. The molecule has 0 N–H and O–H groups in total. The van der Waals surface area contributed by atoms with Crippen LogP contribution in [0.25, 0.3) is 0 Å². The van der Waals surface area contributed by atoms with E-state index in [0.717, 1.165) is 22.3 Å². The fourth-order valence-corrected chi connectivity index (χ4v) is 3.88. The van der Waals surface area contributed by atoms with Crippen molar-refractivity contribution in [3.8, 4) is 0 Å². The fraction of sp³-hybridized carbons (Fsp3) is 0.435. The summed E-state index contributed by atoms with van der Waals surface area (Å²) in [7, 11) is -0.0297. The van der Waals surface area contributed by atoms with E-state index >= 15 is 0 Å². The molecule has 1 atom stereocenters. The Balaban J connectivity index is 2.62. The van der Waals surface area contributed by atoms with E-state index in [-0.39, 0.29) is 19.7 Å². The van der Waals surface area contributed by atoms with Crippen molar-refractivity contribution >= 4 is 14.2 Å². The average molecular weight is 368 g/mol. The quantitative estimate of drug-likeness (QED) is 0.438. The van der Waals surface area contributed by atoms with Gasteiger partial charge in [-0.05, 0) is 55.4 Å². The lowest BCUT2D eigenvalue weighted by Gasteiger charge is -2.29. The van der Waals surface area contributed by atoms with E-state index in [0.29, 0.717) is 0 Å². The topological polar surface area (TPSA) is 34.1 Å². The number of hydrogen-bond donors (Lipinski definition) is 0. The first-order valence-electron chi connectivity index (χ1n) is 9.04. The molecule has 138 valence electrons. The molecule has 0 bridgehead atoms. The van der Waals surface area contributed by atoms with E-state index in [4.69, 9.17) is 0 Å². The maximum absolute atomic E-state index is 13.6. The fourth-order valence-electron chi connectivity index (χ4n) is 3.51. The summed E-state index contributed by atoms with van der Waals surface area (Å²) in [5.74, 6) is -0.416. The Labute approximate surface area is 159 Å². The molecule has 2 rings (SSSR count). The number of hydrogen-bond acceptors (Lipinski definition) is 2. The van der Waals surface area contributed by atoms with Crippen molar-refractivity contribution in [1.82, 2.24) is 0 Å². The van der Waals surface area contributed by atoms with Gasteiger partial charge in [0.2, 0.25) is 0 Å². The summed E-state index contributed by atoms with van der Waals surface area (Å²) in [6.07, 6.45) is 0. The van der Waals surface area contributed by atoms with Gasteiger partial charge in [0.15, 0.2) is 14.2 Å². The van der Waals surface area contributed by atoms with Crippen LogP contribution in [0.2, 0.25) is 0 Å². The van der Waals surface area contributed by atoms with Crippen LogP contribution >= 0.6 is 8.46 Å². The molecule has 0 spiro atoms. The van der Waals surface area contributed by atoms with E-state index in [1.165, 1.54) is 5.56 Å². The number of ketones is 1. The molecule has 0 saturated heterocycles. The number of rotatable bonds is 5. The molecule has 0 aliphatic heterocycles. The van der Waals surface area contributed by atoms with Gasteiger partial charge in [-0.15, -0.1) is 0 Å². The van der Waals surface area contributed by atoms with Crippen molar-refractivity contribution in [1.29, 1.82) is 0 Å². The highest BCUT2D eigenvalue weighted by molar-refractivity contribution is 7.26. The lowest BCUT2D eigenvalue weighted by atomic mass is 9.77. The second kappa shape index (κ2) is 7.45. The predicted molar refractivity (Wildman–Crippen MR) is 110 cm³/mol. The third-order valence-electron chi connectivity index (χ3n) is 4.98.